The van der Waals surface area contributed by atoms with Crippen molar-refractivity contribution in [2.45, 2.75) is 25.7 Å². The molecular weight excluding hydrogens is 338 g/mol. The number of pyridine rings is 1. The summed E-state index contributed by atoms with van der Waals surface area (Å²) in [6.07, 6.45) is 0.591. The summed E-state index contributed by atoms with van der Waals surface area (Å²) in [5, 5.41) is 33.0. The molecule has 0 saturated carbocycles. The third-order valence-electron chi connectivity index (χ3n) is 4.52. The quantitative estimate of drug-likeness (QED) is 0.584. The topological polar surface area (TPSA) is 116 Å². The summed E-state index contributed by atoms with van der Waals surface area (Å²) in [6, 6.07) is 6.34. The molecule has 1 aliphatic rings. The SMILES string of the molecule is O=c1cc(CN2CCn3nc(C(O)CO)cc3C2)nc2c(O)cccn12. The van der Waals surface area contributed by atoms with Gasteiger partial charge in [0.15, 0.2) is 11.4 Å². The predicted molar refractivity (Wildman–Crippen MR) is 91.5 cm³/mol. The fourth-order valence-electron chi connectivity index (χ4n) is 3.20. The number of hydrogen-bond donors (Lipinski definition) is 3. The molecule has 0 spiro atoms. The van der Waals surface area contributed by atoms with Gasteiger partial charge in [-0.25, -0.2) is 4.98 Å². The second kappa shape index (κ2) is 6.52. The lowest BCUT2D eigenvalue weighted by molar-refractivity contribution is 0.0915. The second-order valence-electron chi connectivity index (χ2n) is 6.37. The summed E-state index contributed by atoms with van der Waals surface area (Å²) in [5.74, 6) is -0.0363. The number of hydrogen-bond acceptors (Lipinski definition) is 7. The van der Waals surface area contributed by atoms with Crippen molar-refractivity contribution >= 4 is 5.65 Å². The van der Waals surface area contributed by atoms with Crippen LogP contribution in [0.4, 0.5) is 0 Å². The molecule has 4 heterocycles. The maximum absolute atomic E-state index is 12.2. The molecule has 0 saturated heterocycles. The summed E-state index contributed by atoms with van der Waals surface area (Å²) < 4.78 is 3.13. The Labute approximate surface area is 148 Å². The van der Waals surface area contributed by atoms with Gasteiger partial charge in [-0.2, -0.15) is 5.10 Å². The molecule has 9 heteroatoms. The van der Waals surface area contributed by atoms with Crippen LogP contribution in [0, 0.1) is 0 Å². The molecule has 26 heavy (non-hydrogen) atoms. The minimum Gasteiger partial charge on any atom is -0.504 e. The molecule has 0 radical (unpaired) electrons. The summed E-state index contributed by atoms with van der Waals surface area (Å²) in [4.78, 5) is 18.8. The Morgan fingerprint density at radius 2 is 2.12 bits per heavy atom. The molecule has 3 N–H and O–H groups in total. The number of aromatic hydroxyl groups is 1. The summed E-state index contributed by atoms with van der Waals surface area (Å²) in [7, 11) is 0. The predicted octanol–water partition coefficient (Wildman–Crippen LogP) is -0.362. The van der Waals surface area contributed by atoms with E-state index in [2.05, 4.69) is 15.0 Å². The zero-order valence-corrected chi connectivity index (χ0v) is 14.0. The maximum Gasteiger partial charge on any atom is 0.258 e. The van der Waals surface area contributed by atoms with Crippen LogP contribution in [0.3, 0.4) is 0 Å². The first-order valence-corrected chi connectivity index (χ1v) is 8.33. The third-order valence-corrected chi connectivity index (χ3v) is 4.52. The van der Waals surface area contributed by atoms with Gasteiger partial charge in [0.25, 0.3) is 5.56 Å². The van der Waals surface area contributed by atoms with E-state index in [1.54, 1.807) is 18.3 Å². The van der Waals surface area contributed by atoms with E-state index >= 15 is 0 Å². The van der Waals surface area contributed by atoms with Gasteiger partial charge in [0.2, 0.25) is 0 Å². The normalized spacial score (nSPS) is 15.9. The fraction of sp³-hybridized carbons (Fsp3) is 0.353. The molecule has 1 aliphatic heterocycles. The van der Waals surface area contributed by atoms with Crippen molar-refractivity contribution in [2.24, 2.45) is 0 Å². The van der Waals surface area contributed by atoms with Gasteiger partial charge in [0.1, 0.15) is 6.10 Å². The lowest BCUT2D eigenvalue weighted by Gasteiger charge is -2.27. The van der Waals surface area contributed by atoms with Crippen LogP contribution in [0.2, 0.25) is 0 Å². The number of aliphatic hydroxyl groups excluding tert-OH is 2. The van der Waals surface area contributed by atoms with Gasteiger partial charge in [0, 0.05) is 31.9 Å². The van der Waals surface area contributed by atoms with Crippen molar-refractivity contribution < 1.29 is 15.3 Å². The minimum atomic E-state index is -0.980. The molecule has 0 fully saturated rings. The summed E-state index contributed by atoms with van der Waals surface area (Å²) in [5.41, 5.74) is 1.97. The maximum atomic E-state index is 12.2. The van der Waals surface area contributed by atoms with Crippen LogP contribution in [0.15, 0.2) is 35.3 Å². The first-order valence-electron chi connectivity index (χ1n) is 8.33. The van der Waals surface area contributed by atoms with Gasteiger partial charge in [0.05, 0.1) is 30.2 Å². The Balaban J connectivity index is 1.57. The Bertz CT molecular complexity index is 1010. The average Bonchev–Trinajstić information content (AvgIpc) is 3.05. The Kier molecular flexibility index (Phi) is 4.19. The van der Waals surface area contributed by atoms with Gasteiger partial charge < -0.3 is 15.3 Å². The molecule has 0 aliphatic carbocycles. The highest BCUT2D eigenvalue weighted by molar-refractivity contribution is 5.52. The van der Waals surface area contributed by atoms with Crippen LogP contribution in [0.25, 0.3) is 5.65 Å². The van der Waals surface area contributed by atoms with Gasteiger partial charge in [-0.05, 0) is 18.2 Å². The molecule has 0 aromatic carbocycles. The first-order chi connectivity index (χ1) is 12.5. The Morgan fingerprint density at radius 1 is 1.27 bits per heavy atom. The molecule has 1 atom stereocenters. The minimum absolute atomic E-state index is 0.0363. The molecule has 3 aromatic heterocycles. The van der Waals surface area contributed by atoms with Crippen LogP contribution in [-0.4, -0.2) is 52.5 Å². The van der Waals surface area contributed by atoms with Crippen molar-refractivity contribution in [3.63, 3.8) is 0 Å². The van der Waals surface area contributed by atoms with Crippen LogP contribution in [0.1, 0.15) is 23.2 Å². The molecule has 1 unspecified atom stereocenters. The molecule has 3 aromatic rings. The highest BCUT2D eigenvalue weighted by atomic mass is 16.3. The molecule has 4 rings (SSSR count). The molecule has 0 bridgehead atoms. The van der Waals surface area contributed by atoms with Crippen molar-refractivity contribution in [2.75, 3.05) is 13.2 Å². The van der Waals surface area contributed by atoms with Gasteiger partial charge in [-0.15, -0.1) is 0 Å². The lowest BCUT2D eigenvalue weighted by Crippen LogP contribution is -2.34. The van der Waals surface area contributed by atoms with Crippen molar-refractivity contribution in [3.05, 3.63) is 57.9 Å². The highest BCUT2D eigenvalue weighted by Crippen LogP contribution is 2.20. The van der Waals surface area contributed by atoms with Gasteiger partial charge in [-0.1, -0.05) is 0 Å². The van der Waals surface area contributed by atoms with E-state index in [0.29, 0.717) is 37.6 Å². The Hall–Kier alpha value is -2.75. The van der Waals surface area contributed by atoms with E-state index in [-0.39, 0.29) is 23.6 Å². The van der Waals surface area contributed by atoms with E-state index in [4.69, 9.17) is 5.11 Å². The number of fused-ring (bicyclic) bond motifs is 2. The van der Waals surface area contributed by atoms with Crippen LogP contribution in [-0.2, 0) is 19.6 Å². The van der Waals surface area contributed by atoms with Gasteiger partial charge in [-0.3, -0.25) is 18.8 Å². The van der Waals surface area contributed by atoms with Gasteiger partial charge >= 0.3 is 0 Å². The van der Waals surface area contributed by atoms with E-state index in [0.717, 1.165) is 5.69 Å². The zero-order valence-electron chi connectivity index (χ0n) is 14.0. The van der Waals surface area contributed by atoms with Crippen molar-refractivity contribution in [1.82, 2.24) is 24.1 Å². The Morgan fingerprint density at radius 3 is 2.92 bits per heavy atom. The zero-order chi connectivity index (χ0) is 18.3. The summed E-state index contributed by atoms with van der Waals surface area (Å²) in [6.45, 7) is 2.04. The highest BCUT2D eigenvalue weighted by Gasteiger charge is 2.21. The van der Waals surface area contributed by atoms with E-state index in [1.165, 1.54) is 16.5 Å². The smallest absolute Gasteiger partial charge is 0.258 e. The third kappa shape index (κ3) is 2.96. The van der Waals surface area contributed by atoms with Crippen LogP contribution < -0.4 is 5.56 Å². The number of rotatable bonds is 4. The van der Waals surface area contributed by atoms with E-state index in [1.807, 2.05) is 4.68 Å². The van der Waals surface area contributed by atoms with E-state index < -0.39 is 6.10 Å². The van der Waals surface area contributed by atoms with Crippen LogP contribution in [0.5, 0.6) is 5.75 Å². The first kappa shape index (κ1) is 16.7. The number of aliphatic hydroxyl groups is 2. The number of nitrogens with zero attached hydrogens (tertiary/aromatic N) is 5. The fourth-order valence-corrected chi connectivity index (χ4v) is 3.20. The lowest BCUT2D eigenvalue weighted by atomic mass is 10.2. The molecule has 0 amide bonds. The van der Waals surface area contributed by atoms with E-state index in [9.17, 15) is 15.0 Å². The standard InChI is InChI=1S/C17H19N5O4/c23-10-15(25)13-7-12-9-20(4-5-22(12)19-13)8-11-6-16(26)21-3-1-2-14(24)17(21)18-11/h1-3,6-7,15,23-25H,4-5,8-10H2. The van der Waals surface area contributed by atoms with Crippen LogP contribution >= 0.6 is 0 Å². The average molecular weight is 357 g/mol. The number of aromatic nitrogens is 4. The van der Waals surface area contributed by atoms with Crippen molar-refractivity contribution in [3.8, 4) is 5.75 Å². The second-order valence-corrected chi connectivity index (χ2v) is 6.37. The summed E-state index contributed by atoms with van der Waals surface area (Å²) >= 11 is 0. The molecular formula is C17H19N5O4. The van der Waals surface area contributed by atoms with Crippen molar-refractivity contribution in [1.29, 1.82) is 0 Å². The molecule has 9 nitrogen and oxygen atoms in total. The largest absolute Gasteiger partial charge is 0.504 e. The molecule has 136 valence electrons. The monoisotopic (exact) mass is 357 g/mol.